The van der Waals surface area contributed by atoms with Gasteiger partial charge in [0.1, 0.15) is 11.5 Å². The summed E-state index contributed by atoms with van der Waals surface area (Å²) in [5, 5.41) is 6.66. The van der Waals surface area contributed by atoms with Crippen LogP contribution in [0.15, 0.2) is 48.7 Å². The lowest BCUT2D eigenvalue weighted by Gasteiger charge is -2.08. The van der Waals surface area contributed by atoms with Crippen LogP contribution in [-0.4, -0.2) is 10.2 Å². The zero-order chi connectivity index (χ0) is 15.5. The summed E-state index contributed by atoms with van der Waals surface area (Å²) in [6.45, 7) is 0.285. The van der Waals surface area contributed by atoms with Crippen LogP contribution in [0.2, 0.25) is 0 Å². The van der Waals surface area contributed by atoms with Gasteiger partial charge in [-0.05, 0) is 42.0 Å². The number of hydrogen-bond acceptors (Lipinski definition) is 3. The first kappa shape index (κ1) is 14.2. The van der Waals surface area contributed by atoms with Crippen LogP contribution >= 0.6 is 0 Å². The van der Waals surface area contributed by atoms with Gasteiger partial charge in [0, 0.05) is 12.1 Å². The molecule has 3 N–H and O–H groups in total. The molecule has 0 radical (unpaired) electrons. The molecule has 1 aromatic heterocycles. The van der Waals surface area contributed by atoms with E-state index >= 15 is 0 Å². The van der Waals surface area contributed by atoms with Gasteiger partial charge in [0.2, 0.25) is 0 Å². The van der Waals surface area contributed by atoms with Gasteiger partial charge in [0.05, 0.1) is 6.20 Å². The lowest BCUT2D eigenvalue weighted by Crippen LogP contribution is -1.98. The first-order valence-electron chi connectivity index (χ1n) is 6.63. The van der Waals surface area contributed by atoms with Crippen molar-refractivity contribution in [3.8, 4) is 22.8 Å². The zero-order valence-electron chi connectivity index (χ0n) is 11.5. The third-order valence-corrected chi connectivity index (χ3v) is 3.19. The Morgan fingerprint density at radius 1 is 1.05 bits per heavy atom. The van der Waals surface area contributed by atoms with E-state index in [4.69, 9.17) is 10.5 Å². The van der Waals surface area contributed by atoms with Crippen LogP contribution in [-0.2, 0) is 6.54 Å². The standard InChI is InChI=1S/C16H13F2N3O/c17-12-4-2-11(3-5-12)16-15(9-20-21-16)22-14-7-10(8-19)1-6-13(14)18/h1-7,9H,8,19H2,(H,20,21). The maximum Gasteiger partial charge on any atom is 0.173 e. The molecule has 6 heteroatoms. The molecular weight excluding hydrogens is 288 g/mol. The van der Waals surface area contributed by atoms with Crippen molar-refractivity contribution in [2.75, 3.05) is 0 Å². The van der Waals surface area contributed by atoms with Crippen LogP contribution < -0.4 is 10.5 Å². The minimum atomic E-state index is -0.497. The Labute approximate surface area is 125 Å². The quantitative estimate of drug-likeness (QED) is 0.774. The fourth-order valence-electron chi connectivity index (χ4n) is 2.05. The van der Waals surface area contributed by atoms with Crippen molar-refractivity contribution < 1.29 is 13.5 Å². The minimum absolute atomic E-state index is 0.0627. The van der Waals surface area contributed by atoms with Gasteiger partial charge in [-0.2, -0.15) is 5.10 Å². The van der Waals surface area contributed by atoms with Crippen LogP contribution in [0, 0.1) is 11.6 Å². The van der Waals surface area contributed by atoms with E-state index in [-0.39, 0.29) is 18.1 Å². The lowest BCUT2D eigenvalue weighted by atomic mass is 10.1. The topological polar surface area (TPSA) is 63.9 Å². The monoisotopic (exact) mass is 301 g/mol. The summed E-state index contributed by atoms with van der Waals surface area (Å²) in [6.07, 6.45) is 1.44. The van der Waals surface area contributed by atoms with E-state index in [2.05, 4.69) is 10.2 Å². The van der Waals surface area contributed by atoms with Gasteiger partial charge in [-0.1, -0.05) is 6.07 Å². The molecule has 22 heavy (non-hydrogen) atoms. The number of aromatic nitrogens is 2. The van der Waals surface area contributed by atoms with E-state index in [1.807, 2.05) is 0 Å². The van der Waals surface area contributed by atoms with Crippen LogP contribution in [0.1, 0.15) is 5.56 Å². The maximum atomic E-state index is 13.8. The summed E-state index contributed by atoms with van der Waals surface area (Å²) in [7, 11) is 0. The van der Waals surface area contributed by atoms with E-state index in [1.54, 1.807) is 18.2 Å². The van der Waals surface area contributed by atoms with Gasteiger partial charge in [0.15, 0.2) is 17.3 Å². The maximum absolute atomic E-state index is 13.8. The predicted molar refractivity (Wildman–Crippen MR) is 78.3 cm³/mol. The summed E-state index contributed by atoms with van der Waals surface area (Å²) in [6, 6.07) is 10.3. The first-order chi connectivity index (χ1) is 10.7. The number of ether oxygens (including phenoxy) is 1. The lowest BCUT2D eigenvalue weighted by molar-refractivity contribution is 0.443. The van der Waals surface area contributed by atoms with Gasteiger partial charge in [0.25, 0.3) is 0 Å². The third kappa shape index (κ3) is 2.82. The molecule has 3 aromatic rings. The normalized spacial score (nSPS) is 10.7. The first-order valence-corrected chi connectivity index (χ1v) is 6.63. The molecule has 1 heterocycles. The second-order valence-electron chi connectivity index (χ2n) is 4.69. The van der Waals surface area contributed by atoms with E-state index in [1.165, 1.54) is 30.5 Å². The van der Waals surface area contributed by atoms with E-state index in [9.17, 15) is 8.78 Å². The number of halogens is 2. The van der Waals surface area contributed by atoms with Gasteiger partial charge in [-0.25, -0.2) is 8.78 Å². The number of benzene rings is 2. The smallest absolute Gasteiger partial charge is 0.173 e. The summed E-state index contributed by atoms with van der Waals surface area (Å²) in [5.74, 6) is -0.428. The number of nitrogens with one attached hydrogen (secondary N) is 1. The number of aromatic amines is 1. The molecule has 3 rings (SSSR count). The number of hydrogen-bond donors (Lipinski definition) is 2. The highest BCUT2D eigenvalue weighted by Gasteiger charge is 2.13. The third-order valence-electron chi connectivity index (χ3n) is 3.19. The number of nitrogens with zero attached hydrogens (tertiary/aromatic N) is 1. The second kappa shape index (κ2) is 5.95. The highest BCUT2D eigenvalue weighted by atomic mass is 19.1. The summed E-state index contributed by atoms with van der Waals surface area (Å²) in [4.78, 5) is 0. The zero-order valence-corrected chi connectivity index (χ0v) is 11.5. The second-order valence-corrected chi connectivity index (χ2v) is 4.69. The Balaban J connectivity index is 1.94. The van der Waals surface area contributed by atoms with Crippen LogP contribution in [0.4, 0.5) is 8.78 Å². The molecule has 112 valence electrons. The van der Waals surface area contributed by atoms with Crippen molar-refractivity contribution in [2.24, 2.45) is 5.73 Å². The van der Waals surface area contributed by atoms with Crippen molar-refractivity contribution in [3.05, 3.63) is 65.9 Å². The van der Waals surface area contributed by atoms with E-state index in [0.29, 0.717) is 17.0 Å². The summed E-state index contributed by atoms with van der Waals surface area (Å²) < 4.78 is 32.4. The number of rotatable bonds is 4. The molecule has 0 fully saturated rings. The fourth-order valence-corrected chi connectivity index (χ4v) is 2.05. The Morgan fingerprint density at radius 2 is 1.82 bits per heavy atom. The largest absolute Gasteiger partial charge is 0.450 e. The predicted octanol–water partition coefficient (Wildman–Crippen LogP) is 3.61. The average molecular weight is 301 g/mol. The van der Waals surface area contributed by atoms with Crippen molar-refractivity contribution in [2.45, 2.75) is 6.54 Å². The molecule has 0 unspecified atom stereocenters. The average Bonchev–Trinajstić information content (AvgIpc) is 2.98. The number of nitrogens with two attached hydrogens (primary N) is 1. The molecule has 4 nitrogen and oxygen atoms in total. The molecule has 0 aliphatic carbocycles. The molecule has 0 saturated heterocycles. The van der Waals surface area contributed by atoms with Crippen molar-refractivity contribution in [1.29, 1.82) is 0 Å². The molecule has 0 spiro atoms. The summed E-state index contributed by atoms with van der Waals surface area (Å²) in [5.41, 5.74) is 7.52. The van der Waals surface area contributed by atoms with Gasteiger partial charge in [-0.15, -0.1) is 0 Å². The molecule has 0 aliphatic rings. The molecule has 0 atom stereocenters. The van der Waals surface area contributed by atoms with Crippen LogP contribution in [0.3, 0.4) is 0 Å². The molecule has 2 aromatic carbocycles. The SMILES string of the molecule is NCc1ccc(F)c(Oc2cn[nH]c2-c2ccc(F)cc2)c1. The molecule has 0 amide bonds. The minimum Gasteiger partial charge on any atom is -0.450 e. The molecule has 0 saturated carbocycles. The van der Waals surface area contributed by atoms with Gasteiger partial charge < -0.3 is 10.5 Å². The Hall–Kier alpha value is -2.73. The molecular formula is C16H13F2N3O. The van der Waals surface area contributed by atoms with Crippen molar-refractivity contribution in [3.63, 3.8) is 0 Å². The number of H-pyrrole nitrogens is 1. The fraction of sp³-hybridized carbons (Fsp3) is 0.0625. The van der Waals surface area contributed by atoms with Crippen molar-refractivity contribution in [1.82, 2.24) is 10.2 Å². The Bertz CT molecular complexity index is 784. The highest BCUT2D eigenvalue weighted by molar-refractivity contribution is 5.66. The van der Waals surface area contributed by atoms with E-state index < -0.39 is 5.82 Å². The van der Waals surface area contributed by atoms with Crippen LogP contribution in [0.25, 0.3) is 11.3 Å². The van der Waals surface area contributed by atoms with Crippen molar-refractivity contribution >= 4 is 0 Å². The molecule has 0 bridgehead atoms. The van der Waals surface area contributed by atoms with Gasteiger partial charge >= 0.3 is 0 Å². The summed E-state index contributed by atoms with van der Waals surface area (Å²) >= 11 is 0. The Morgan fingerprint density at radius 3 is 2.55 bits per heavy atom. The van der Waals surface area contributed by atoms with E-state index in [0.717, 1.165) is 5.56 Å². The van der Waals surface area contributed by atoms with Gasteiger partial charge in [-0.3, -0.25) is 5.10 Å². The molecule has 0 aliphatic heterocycles. The highest BCUT2D eigenvalue weighted by Crippen LogP contribution is 2.32. The van der Waals surface area contributed by atoms with Crippen LogP contribution in [0.5, 0.6) is 11.5 Å². The Kier molecular flexibility index (Phi) is 3.84.